The van der Waals surface area contributed by atoms with Gasteiger partial charge in [-0.1, -0.05) is 30.3 Å². The summed E-state index contributed by atoms with van der Waals surface area (Å²) < 4.78 is 0. The fraction of sp³-hybridized carbons (Fsp3) is 0.0500. The molecular formula is C20H17N3O2. The molecule has 0 bridgehead atoms. The van der Waals surface area contributed by atoms with Gasteiger partial charge in [-0.25, -0.2) is 4.98 Å². The van der Waals surface area contributed by atoms with Gasteiger partial charge in [-0.3, -0.25) is 0 Å². The van der Waals surface area contributed by atoms with Crippen molar-refractivity contribution < 1.29 is 10.2 Å². The lowest BCUT2D eigenvalue weighted by atomic mass is 9.98. The van der Waals surface area contributed by atoms with E-state index in [2.05, 4.69) is 9.97 Å². The number of aromatic nitrogens is 2. The molecule has 1 aromatic heterocycles. The monoisotopic (exact) mass is 331 g/mol. The van der Waals surface area contributed by atoms with E-state index >= 15 is 0 Å². The average molecular weight is 331 g/mol. The molecule has 0 amide bonds. The number of H-pyrrole nitrogens is 1. The molecule has 0 aliphatic carbocycles. The maximum atomic E-state index is 10.8. The predicted molar refractivity (Wildman–Crippen MR) is 98.2 cm³/mol. The molecule has 0 aliphatic heterocycles. The minimum atomic E-state index is 0.0611. The molecule has 4 rings (SSSR count). The number of benzene rings is 3. The summed E-state index contributed by atoms with van der Waals surface area (Å²) >= 11 is 0. The van der Waals surface area contributed by atoms with Gasteiger partial charge in [0.2, 0.25) is 0 Å². The van der Waals surface area contributed by atoms with Gasteiger partial charge in [0.15, 0.2) is 0 Å². The molecular weight excluding hydrogens is 314 g/mol. The summed E-state index contributed by atoms with van der Waals surface area (Å²) in [6.07, 6.45) is 0. The Morgan fingerprint density at radius 1 is 0.880 bits per heavy atom. The summed E-state index contributed by atoms with van der Waals surface area (Å²) in [5.74, 6) is 0.732. The number of rotatable bonds is 3. The first-order chi connectivity index (χ1) is 12.2. The van der Waals surface area contributed by atoms with Crippen LogP contribution in [0.4, 0.5) is 0 Å². The number of phenolic OH excluding ortho intramolecular Hbond substituents is 2. The van der Waals surface area contributed by atoms with Gasteiger partial charge in [-0.15, -0.1) is 0 Å². The van der Waals surface area contributed by atoms with E-state index in [9.17, 15) is 10.2 Å². The van der Waals surface area contributed by atoms with Crippen molar-refractivity contribution in [2.24, 2.45) is 5.73 Å². The molecule has 0 atom stereocenters. The highest BCUT2D eigenvalue weighted by Crippen LogP contribution is 2.41. The maximum Gasteiger partial charge on any atom is 0.142 e. The van der Waals surface area contributed by atoms with E-state index in [0.29, 0.717) is 29.1 Å². The molecule has 0 fully saturated rings. The largest absolute Gasteiger partial charge is 0.507 e. The molecule has 124 valence electrons. The molecule has 0 spiro atoms. The average Bonchev–Trinajstić information content (AvgIpc) is 3.06. The van der Waals surface area contributed by atoms with Crippen LogP contribution in [-0.4, -0.2) is 20.2 Å². The summed E-state index contributed by atoms with van der Waals surface area (Å²) in [6.45, 7) is 0.358. The third-order valence-corrected chi connectivity index (χ3v) is 4.27. The van der Waals surface area contributed by atoms with E-state index in [4.69, 9.17) is 5.73 Å². The Kier molecular flexibility index (Phi) is 3.63. The van der Waals surface area contributed by atoms with E-state index in [1.165, 1.54) is 0 Å². The first kappa shape index (κ1) is 15.2. The number of para-hydroxylation sites is 3. The van der Waals surface area contributed by atoms with Crippen LogP contribution in [0.2, 0.25) is 0 Å². The first-order valence-electron chi connectivity index (χ1n) is 7.97. The highest BCUT2D eigenvalue weighted by molar-refractivity contribution is 5.86. The second kappa shape index (κ2) is 5.96. The zero-order valence-electron chi connectivity index (χ0n) is 13.4. The number of fused-ring (bicyclic) bond motifs is 1. The minimum absolute atomic E-state index is 0.0611. The summed E-state index contributed by atoms with van der Waals surface area (Å²) in [5, 5.41) is 21.0. The van der Waals surface area contributed by atoms with Crippen LogP contribution in [-0.2, 0) is 6.54 Å². The summed E-state index contributed by atoms with van der Waals surface area (Å²) in [7, 11) is 0. The van der Waals surface area contributed by atoms with Crippen LogP contribution in [0, 0.1) is 0 Å². The highest BCUT2D eigenvalue weighted by atomic mass is 16.3. The zero-order chi connectivity index (χ0) is 17.4. The zero-order valence-corrected chi connectivity index (χ0v) is 13.4. The molecule has 4 aromatic rings. The molecule has 0 aliphatic rings. The minimum Gasteiger partial charge on any atom is -0.507 e. The Labute approximate surface area is 144 Å². The molecule has 0 radical (unpaired) electrons. The number of phenols is 2. The predicted octanol–water partition coefficient (Wildman–Crippen LogP) is 3.77. The Bertz CT molecular complexity index is 1040. The SMILES string of the molecule is NCc1ccc(O)c(-c2cccc(-c3nc4ccccc4[nH]3)c2O)c1. The van der Waals surface area contributed by atoms with E-state index in [1.54, 1.807) is 30.3 Å². The van der Waals surface area contributed by atoms with Crippen molar-refractivity contribution in [1.82, 2.24) is 9.97 Å². The summed E-state index contributed by atoms with van der Waals surface area (Å²) in [5.41, 5.74) is 9.94. The van der Waals surface area contributed by atoms with Crippen molar-refractivity contribution in [3.63, 3.8) is 0 Å². The van der Waals surface area contributed by atoms with Crippen LogP contribution in [0.3, 0.4) is 0 Å². The molecule has 5 heteroatoms. The normalized spacial score (nSPS) is 11.1. The molecule has 1 heterocycles. The van der Waals surface area contributed by atoms with Gasteiger partial charge in [0.25, 0.3) is 0 Å². The van der Waals surface area contributed by atoms with Crippen LogP contribution >= 0.6 is 0 Å². The quantitative estimate of drug-likeness (QED) is 0.459. The van der Waals surface area contributed by atoms with Crippen LogP contribution < -0.4 is 5.73 Å². The van der Waals surface area contributed by atoms with Crippen molar-refractivity contribution in [3.05, 3.63) is 66.2 Å². The molecule has 5 N–H and O–H groups in total. The fourth-order valence-corrected chi connectivity index (χ4v) is 2.96. The Hall–Kier alpha value is -3.31. The second-order valence-electron chi connectivity index (χ2n) is 5.86. The van der Waals surface area contributed by atoms with Crippen molar-refractivity contribution in [3.8, 4) is 34.0 Å². The smallest absolute Gasteiger partial charge is 0.142 e. The number of aromatic amines is 1. The Morgan fingerprint density at radius 2 is 1.68 bits per heavy atom. The number of nitrogens with two attached hydrogens (primary N) is 1. The molecule has 25 heavy (non-hydrogen) atoms. The standard InChI is InChI=1S/C20H17N3O2/c21-11-12-8-9-18(24)15(10-12)13-4-3-5-14(19(13)25)20-22-16-6-1-2-7-17(16)23-20/h1-10,24-25H,11,21H2,(H,22,23). The lowest BCUT2D eigenvalue weighted by Gasteiger charge is -2.11. The molecule has 0 saturated heterocycles. The second-order valence-corrected chi connectivity index (χ2v) is 5.86. The maximum absolute atomic E-state index is 10.8. The topological polar surface area (TPSA) is 95.2 Å². The third-order valence-electron chi connectivity index (χ3n) is 4.27. The van der Waals surface area contributed by atoms with Gasteiger partial charge in [0.1, 0.15) is 17.3 Å². The van der Waals surface area contributed by atoms with Gasteiger partial charge in [0, 0.05) is 17.7 Å². The Morgan fingerprint density at radius 3 is 2.48 bits per heavy atom. The van der Waals surface area contributed by atoms with Crippen LogP contribution in [0.1, 0.15) is 5.56 Å². The lowest BCUT2D eigenvalue weighted by Crippen LogP contribution is -1.96. The number of imidazole rings is 1. The van der Waals surface area contributed by atoms with Gasteiger partial charge < -0.3 is 20.9 Å². The first-order valence-corrected chi connectivity index (χ1v) is 7.97. The molecule has 3 aromatic carbocycles. The number of nitrogens with one attached hydrogen (secondary N) is 1. The van der Waals surface area contributed by atoms with Gasteiger partial charge >= 0.3 is 0 Å². The summed E-state index contributed by atoms with van der Waals surface area (Å²) in [6, 6.07) is 18.2. The van der Waals surface area contributed by atoms with E-state index < -0.39 is 0 Å². The van der Waals surface area contributed by atoms with Gasteiger partial charge in [-0.05, 0) is 35.9 Å². The highest BCUT2D eigenvalue weighted by Gasteiger charge is 2.16. The van der Waals surface area contributed by atoms with Crippen molar-refractivity contribution >= 4 is 11.0 Å². The number of aromatic hydroxyl groups is 2. The number of hydrogen-bond donors (Lipinski definition) is 4. The lowest BCUT2D eigenvalue weighted by molar-refractivity contribution is 0.470. The van der Waals surface area contributed by atoms with Crippen LogP contribution in [0.15, 0.2) is 60.7 Å². The molecule has 0 saturated carbocycles. The van der Waals surface area contributed by atoms with E-state index in [-0.39, 0.29) is 11.5 Å². The van der Waals surface area contributed by atoms with Crippen molar-refractivity contribution in [1.29, 1.82) is 0 Å². The third kappa shape index (κ3) is 2.60. The molecule has 5 nitrogen and oxygen atoms in total. The van der Waals surface area contributed by atoms with Crippen LogP contribution in [0.5, 0.6) is 11.5 Å². The van der Waals surface area contributed by atoms with Crippen LogP contribution in [0.25, 0.3) is 33.5 Å². The summed E-state index contributed by atoms with van der Waals surface area (Å²) in [4.78, 5) is 7.75. The molecule has 0 unspecified atom stereocenters. The van der Waals surface area contributed by atoms with Gasteiger partial charge in [-0.2, -0.15) is 0 Å². The van der Waals surface area contributed by atoms with Crippen molar-refractivity contribution in [2.75, 3.05) is 0 Å². The van der Waals surface area contributed by atoms with Crippen molar-refractivity contribution in [2.45, 2.75) is 6.54 Å². The number of nitrogens with zero attached hydrogens (tertiary/aromatic N) is 1. The van der Waals surface area contributed by atoms with Gasteiger partial charge in [0.05, 0.1) is 16.6 Å². The fourth-order valence-electron chi connectivity index (χ4n) is 2.96. The Balaban J connectivity index is 1.89. The van der Waals surface area contributed by atoms with E-state index in [1.807, 2.05) is 30.3 Å². The van der Waals surface area contributed by atoms with E-state index in [0.717, 1.165) is 16.6 Å². The number of hydrogen-bond acceptors (Lipinski definition) is 4.